The first-order valence-corrected chi connectivity index (χ1v) is 9.35. The molecule has 1 fully saturated rings. The first-order valence-electron chi connectivity index (χ1n) is 7.80. The van der Waals surface area contributed by atoms with E-state index in [-0.39, 0.29) is 30.6 Å². The van der Waals surface area contributed by atoms with E-state index in [1.54, 1.807) is 13.8 Å². The molecule has 146 valence electrons. The molecule has 0 bridgehead atoms. The highest BCUT2D eigenvalue weighted by atomic mass is 32.2. The van der Waals surface area contributed by atoms with Gasteiger partial charge in [-0.25, -0.2) is 13.5 Å². The van der Waals surface area contributed by atoms with Crippen LogP contribution in [0.3, 0.4) is 0 Å². The molecular weight excluding hydrogens is 379 g/mol. The number of H-pyrrole nitrogens is 1. The Hall–Kier alpha value is -1.82. The fourth-order valence-corrected chi connectivity index (χ4v) is 4.21. The molecular formula is C14H18F3N3O5S. The average Bonchev–Trinajstić information content (AvgIpc) is 3.05. The van der Waals surface area contributed by atoms with Crippen molar-refractivity contribution in [3.05, 3.63) is 11.3 Å². The third kappa shape index (κ3) is 3.39. The number of sulfone groups is 1. The normalized spacial score (nSPS) is 21.7. The summed E-state index contributed by atoms with van der Waals surface area (Å²) in [5, 5.41) is 7.07. The summed E-state index contributed by atoms with van der Waals surface area (Å²) in [5.41, 5.74) is -2.74. The lowest BCUT2D eigenvalue weighted by molar-refractivity contribution is -0.141. The first-order chi connectivity index (χ1) is 11.9. The lowest BCUT2D eigenvalue weighted by Crippen LogP contribution is -2.39. The minimum atomic E-state index is -4.85. The lowest BCUT2D eigenvalue weighted by atomic mass is 10.1. The molecule has 0 spiro atoms. The molecule has 8 nitrogen and oxygen atoms in total. The van der Waals surface area contributed by atoms with Crippen LogP contribution in [0.4, 0.5) is 13.2 Å². The molecule has 0 amide bonds. The van der Waals surface area contributed by atoms with Crippen LogP contribution in [0.1, 0.15) is 43.7 Å². The predicted octanol–water partition coefficient (Wildman–Crippen LogP) is 2.19. The number of rotatable bonds is 4. The molecule has 1 aromatic heterocycles. The van der Waals surface area contributed by atoms with Crippen molar-refractivity contribution in [1.82, 2.24) is 10.2 Å². The van der Waals surface area contributed by atoms with Gasteiger partial charge >= 0.3 is 6.18 Å². The molecule has 2 aliphatic heterocycles. The van der Waals surface area contributed by atoms with Gasteiger partial charge in [0.1, 0.15) is 11.7 Å². The van der Waals surface area contributed by atoms with E-state index in [1.807, 2.05) is 0 Å². The van der Waals surface area contributed by atoms with Crippen LogP contribution in [0.25, 0.3) is 0 Å². The van der Waals surface area contributed by atoms with E-state index in [4.69, 9.17) is 14.3 Å². The van der Waals surface area contributed by atoms with Crippen molar-refractivity contribution in [1.29, 1.82) is 0 Å². The van der Waals surface area contributed by atoms with Gasteiger partial charge in [-0.3, -0.25) is 0 Å². The zero-order valence-corrected chi connectivity index (χ0v) is 15.1. The molecule has 1 unspecified atom stereocenters. The Morgan fingerprint density at radius 1 is 1.35 bits per heavy atom. The summed E-state index contributed by atoms with van der Waals surface area (Å²) in [6.45, 7) is 4.82. The van der Waals surface area contributed by atoms with Crippen molar-refractivity contribution in [2.24, 2.45) is 5.16 Å². The molecule has 0 aliphatic carbocycles. The Morgan fingerprint density at radius 3 is 2.46 bits per heavy atom. The Kier molecular flexibility index (Phi) is 4.46. The van der Waals surface area contributed by atoms with Gasteiger partial charge in [-0.1, -0.05) is 5.16 Å². The molecule has 1 saturated heterocycles. The molecule has 0 saturated carbocycles. The second-order valence-corrected chi connectivity index (χ2v) is 9.06. The van der Waals surface area contributed by atoms with Crippen LogP contribution in [0.5, 0.6) is 5.88 Å². The highest BCUT2D eigenvalue weighted by molar-refractivity contribution is 8.06. The zero-order valence-electron chi connectivity index (χ0n) is 14.3. The monoisotopic (exact) mass is 397 g/mol. The van der Waals surface area contributed by atoms with Crippen LogP contribution >= 0.6 is 0 Å². The first kappa shape index (κ1) is 19.0. The van der Waals surface area contributed by atoms with Gasteiger partial charge in [0, 0.05) is 6.42 Å². The SMILES string of the molecule is CC(c1c(C(F)(F)F)n[nH]c1OC1COC1)S(=O)(=O)C1=NOC(C)(C)C1. The number of hydrogen-bond acceptors (Lipinski definition) is 7. The molecule has 1 N–H and O–H groups in total. The van der Waals surface area contributed by atoms with Gasteiger partial charge in [0.15, 0.2) is 10.7 Å². The van der Waals surface area contributed by atoms with E-state index in [0.29, 0.717) is 0 Å². The van der Waals surface area contributed by atoms with Crippen LogP contribution < -0.4 is 4.74 Å². The number of nitrogens with one attached hydrogen (secondary N) is 1. The van der Waals surface area contributed by atoms with E-state index in [2.05, 4.69) is 15.4 Å². The summed E-state index contributed by atoms with van der Waals surface area (Å²) in [7, 11) is -4.21. The number of ether oxygens (including phenoxy) is 2. The minimum Gasteiger partial charge on any atom is -0.469 e. The van der Waals surface area contributed by atoms with Gasteiger partial charge in [-0.15, -0.1) is 0 Å². The second-order valence-electron chi connectivity index (χ2n) is 6.79. The summed E-state index contributed by atoms with van der Waals surface area (Å²) < 4.78 is 75.9. The van der Waals surface area contributed by atoms with Gasteiger partial charge < -0.3 is 14.3 Å². The van der Waals surface area contributed by atoms with Crippen LogP contribution in [0, 0.1) is 0 Å². The Labute approximate surface area is 147 Å². The Bertz CT molecular complexity index is 827. The molecule has 3 rings (SSSR count). The summed E-state index contributed by atoms with van der Waals surface area (Å²) in [6.07, 6.45) is -5.34. The van der Waals surface area contributed by atoms with E-state index < -0.39 is 44.2 Å². The Balaban J connectivity index is 1.99. The van der Waals surface area contributed by atoms with Gasteiger partial charge in [0.2, 0.25) is 15.7 Å². The molecule has 12 heteroatoms. The molecule has 0 radical (unpaired) electrons. The van der Waals surface area contributed by atoms with Crippen molar-refractivity contribution in [2.45, 2.75) is 50.3 Å². The maximum Gasteiger partial charge on any atom is 0.435 e. The number of nitrogens with zero attached hydrogens (tertiary/aromatic N) is 2. The number of halogens is 3. The van der Waals surface area contributed by atoms with Gasteiger partial charge in [0.25, 0.3) is 0 Å². The van der Waals surface area contributed by atoms with Crippen LogP contribution in [0.15, 0.2) is 5.16 Å². The van der Waals surface area contributed by atoms with Crippen molar-refractivity contribution in [3.8, 4) is 5.88 Å². The number of hydrogen-bond donors (Lipinski definition) is 1. The fraction of sp³-hybridized carbons (Fsp3) is 0.714. The fourth-order valence-electron chi connectivity index (χ4n) is 2.58. The standard InChI is InChI=1S/C14H18F3N3O5S/c1-7(26(21,22)9-4-13(2,3)25-20-9)10-11(14(15,16)17)18-19-12(10)24-8-5-23-6-8/h7-8H,4-6H2,1-3H3,(H,18,19). The molecule has 26 heavy (non-hydrogen) atoms. The van der Waals surface area contributed by atoms with Crippen molar-refractivity contribution in [2.75, 3.05) is 13.2 Å². The molecule has 1 atom stereocenters. The van der Waals surface area contributed by atoms with Crippen LogP contribution in [0.2, 0.25) is 0 Å². The molecule has 0 aromatic carbocycles. The lowest BCUT2D eigenvalue weighted by Gasteiger charge is -2.27. The summed E-state index contributed by atoms with van der Waals surface area (Å²) >= 11 is 0. The van der Waals surface area contributed by atoms with Gasteiger partial charge in [-0.2, -0.15) is 18.3 Å². The second kappa shape index (κ2) is 6.12. The quantitative estimate of drug-likeness (QED) is 0.836. The molecule has 3 heterocycles. The maximum absolute atomic E-state index is 13.3. The van der Waals surface area contributed by atoms with Crippen LogP contribution in [-0.2, 0) is 25.6 Å². The van der Waals surface area contributed by atoms with Crippen molar-refractivity contribution >= 4 is 14.9 Å². The number of aromatic amines is 1. The van der Waals surface area contributed by atoms with Crippen LogP contribution in [-0.4, -0.2) is 48.6 Å². The Morgan fingerprint density at radius 2 is 2.00 bits per heavy atom. The van der Waals surface area contributed by atoms with E-state index in [9.17, 15) is 21.6 Å². The third-order valence-corrected chi connectivity index (χ3v) is 6.14. The maximum atomic E-state index is 13.3. The summed E-state index contributed by atoms with van der Waals surface area (Å²) in [5.74, 6) is -0.333. The van der Waals surface area contributed by atoms with Gasteiger partial charge in [-0.05, 0) is 20.8 Å². The van der Waals surface area contributed by atoms with Gasteiger partial charge in [0.05, 0.1) is 24.0 Å². The largest absolute Gasteiger partial charge is 0.469 e. The highest BCUT2D eigenvalue weighted by Crippen LogP contribution is 2.42. The van der Waals surface area contributed by atoms with E-state index in [0.717, 1.165) is 6.92 Å². The van der Waals surface area contributed by atoms with E-state index in [1.165, 1.54) is 0 Å². The number of aromatic nitrogens is 2. The number of oxime groups is 1. The topological polar surface area (TPSA) is 103 Å². The highest BCUT2D eigenvalue weighted by Gasteiger charge is 2.46. The minimum absolute atomic E-state index is 0.0362. The zero-order chi connectivity index (χ0) is 19.3. The molecule has 1 aromatic rings. The van der Waals surface area contributed by atoms with Crippen molar-refractivity contribution in [3.63, 3.8) is 0 Å². The number of alkyl halides is 3. The smallest absolute Gasteiger partial charge is 0.435 e. The predicted molar refractivity (Wildman–Crippen MR) is 83.4 cm³/mol. The third-order valence-electron chi connectivity index (χ3n) is 4.10. The summed E-state index contributed by atoms with van der Waals surface area (Å²) in [4.78, 5) is 5.04. The summed E-state index contributed by atoms with van der Waals surface area (Å²) in [6, 6.07) is 0. The molecule has 2 aliphatic rings. The van der Waals surface area contributed by atoms with E-state index >= 15 is 0 Å². The van der Waals surface area contributed by atoms with Crippen molar-refractivity contribution < 1.29 is 35.9 Å². The average molecular weight is 397 g/mol.